The highest BCUT2D eigenvalue weighted by molar-refractivity contribution is 6.00. The molecular formula is C11H11NO6. The van der Waals surface area contributed by atoms with E-state index in [1.54, 1.807) is 6.92 Å². The Morgan fingerprint density at radius 1 is 1.50 bits per heavy atom. The zero-order valence-corrected chi connectivity index (χ0v) is 9.84. The van der Waals surface area contributed by atoms with Gasteiger partial charge in [0.1, 0.15) is 5.75 Å². The first kappa shape index (κ1) is 13.6. The molecule has 0 spiro atoms. The fraction of sp³-hybridized carbons (Fsp3) is 0.273. The summed E-state index contributed by atoms with van der Waals surface area (Å²) in [5.41, 5.74) is -0.597. The molecule has 0 heterocycles. The van der Waals surface area contributed by atoms with Crippen LogP contribution >= 0.6 is 0 Å². The highest BCUT2D eigenvalue weighted by Gasteiger charge is 2.22. The molecule has 1 rings (SSSR count). The Balaban J connectivity index is 3.44. The number of esters is 1. The fourth-order valence-corrected chi connectivity index (χ4v) is 1.39. The standard InChI is InChI=1S/C11H11NO6/c1-3-18-11(14)8-4-7(12(15)16)5-10(17-2)9(8)6-13/h4-6H,3H2,1-2H3. The van der Waals surface area contributed by atoms with E-state index in [1.165, 1.54) is 7.11 Å². The van der Waals surface area contributed by atoms with Gasteiger partial charge < -0.3 is 9.47 Å². The molecule has 0 aliphatic carbocycles. The molecule has 0 saturated carbocycles. The number of hydrogen-bond acceptors (Lipinski definition) is 6. The van der Waals surface area contributed by atoms with Crippen LogP contribution in [0.4, 0.5) is 5.69 Å². The molecule has 0 aliphatic heterocycles. The molecular weight excluding hydrogens is 242 g/mol. The van der Waals surface area contributed by atoms with E-state index in [0.29, 0.717) is 6.29 Å². The second-order valence-electron chi connectivity index (χ2n) is 3.20. The monoisotopic (exact) mass is 253 g/mol. The van der Waals surface area contributed by atoms with Gasteiger partial charge in [0.25, 0.3) is 5.69 Å². The maximum Gasteiger partial charge on any atom is 0.339 e. The molecule has 1 aromatic carbocycles. The van der Waals surface area contributed by atoms with Gasteiger partial charge in [-0.1, -0.05) is 0 Å². The summed E-state index contributed by atoms with van der Waals surface area (Å²) in [4.78, 5) is 32.6. The van der Waals surface area contributed by atoms with Crippen LogP contribution in [0.3, 0.4) is 0 Å². The Morgan fingerprint density at radius 2 is 2.17 bits per heavy atom. The number of nitro benzene ring substituents is 1. The van der Waals surface area contributed by atoms with Gasteiger partial charge in [0.15, 0.2) is 6.29 Å². The largest absolute Gasteiger partial charge is 0.496 e. The van der Waals surface area contributed by atoms with Crippen LogP contribution in [0.15, 0.2) is 12.1 Å². The lowest BCUT2D eigenvalue weighted by Crippen LogP contribution is -2.10. The van der Waals surface area contributed by atoms with Crippen molar-refractivity contribution in [3.05, 3.63) is 33.4 Å². The average molecular weight is 253 g/mol. The lowest BCUT2D eigenvalue weighted by Gasteiger charge is -2.08. The number of non-ortho nitro benzene ring substituents is 1. The molecule has 7 heteroatoms. The summed E-state index contributed by atoms with van der Waals surface area (Å²) >= 11 is 0. The summed E-state index contributed by atoms with van der Waals surface area (Å²) in [6.07, 6.45) is 0.398. The summed E-state index contributed by atoms with van der Waals surface area (Å²) in [6, 6.07) is 2.07. The van der Waals surface area contributed by atoms with E-state index in [1.807, 2.05) is 0 Å². The van der Waals surface area contributed by atoms with Crippen molar-refractivity contribution in [3.8, 4) is 5.75 Å². The van der Waals surface area contributed by atoms with Crippen LogP contribution < -0.4 is 4.74 Å². The zero-order valence-electron chi connectivity index (χ0n) is 9.84. The molecule has 0 saturated heterocycles. The Bertz CT molecular complexity index is 497. The van der Waals surface area contributed by atoms with Crippen molar-refractivity contribution in [1.29, 1.82) is 0 Å². The minimum Gasteiger partial charge on any atom is -0.496 e. The Labute approximate surface area is 102 Å². The molecule has 0 aliphatic rings. The number of benzene rings is 1. The third kappa shape index (κ3) is 2.62. The van der Waals surface area contributed by atoms with Crippen LogP contribution in [0, 0.1) is 10.1 Å². The van der Waals surface area contributed by atoms with E-state index >= 15 is 0 Å². The average Bonchev–Trinajstić information content (AvgIpc) is 2.37. The van der Waals surface area contributed by atoms with Gasteiger partial charge in [-0.05, 0) is 6.92 Å². The maximum absolute atomic E-state index is 11.6. The van der Waals surface area contributed by atoms with Crippen molar-refractivity contribution in [2.75, 3.05) is 13.7 Å². The summed E-state index contributed by atoms with van der Waals surface area (Å²) < 4.78 is 9.58. The van der Waals surface area contributed by atoms with Gasteiger partial charge in [0.2, 0.25) is 0 Å². The van der Waals surface area contributed by atoms with Crippen molar-refractivity contribution < 1.29 is 24.0 Å². The zero-order chi connectivity index (χ0) is 13.7. The number of hydrogen-bond donors (Lipinski definition) is 0. The Hall–Kier alpha value is -2.44. The molecule has 0 radical (unpaired) electrons. The molecule has 7 nitrogen and oxygen atoms in total. The highest BCUT2D eigenvalue weighted by atomic mass is 16.6. The van der Waals surface area contributed by atoms with Gasteiger partial charge in [-0.3, -0.25) is 14.9 Å². The van der Waals surface area contributed by atoms with Crippen LogP contribution in [-0.4, -0.2) is 30.9 Å². The molecule has 96 valence electrons. The number of carbonyl (C=O) groups is 2. The molecule has 0 unspecified atom stereocenters. The molecule has 0 N–H and O–H groups in total. The third-order valence-corrected chi connectivity index (χ3v) is 2.17. The van der Waals surface area contributed by atoms with Gasteiger partial charge in [0.05, 0.1) is 35.8 Å². The van der Waals surface area contributed by atoms with Crippen LogP contribution in [-0.2, 0) is 4.74 Å². The van der Waals surface area contributed by atoms with Crippen molar-refractivity contribution in [3.63, 3.8) is 0 Å². The van der Waals surface area contributed by atoms with Crippen LogP contribution in [0.25, 0.3) is 0 Å². The second kappa shape index (κ2) is 5.76. The molecule has 0 bridgehead atoms. The topological polar surface area (TPSA) is 95.7 Å². The van der Waals surface area contributed by atoms with E-state index in [2.05, 4.69) is 0 Å². The lowest BCUT2D eigenvalue weighted by atomic mass is 10.1. The first-order valence-electron chi connectivity index (χ1n) is 5.03. The first-order valence-corrected chi connectivity index (χ1v) is 5.03. The second-order valence-corrected chi connectivity index (χ2v) is 3.20. The van der Waals surface area contributed by atoms with Gasteiger partial charge in [-0.15, -0.1) is 0 Å². The number of aldehydes is 1. The van der Waals surface area contributed by atoms with Crippen LogP contribution in [0.1, 0.15) is 27.6 Å². The molecule has 0 amide bonds. The number of methoxy groups -OCH3 is 1. The van der Waals surface area contributed by atoms with E-state index in [4.69, 9.17) is 9.47 Å². The Morgan fingerprint density at radius 3 is 2.61 bits per heavy atom. The molecule has 0 atom stereocenters. The summed E-state index contributed by atoms with van der Waals surface area (Å²) in [5, 5.41) is 10.7. The lowest BCUT2D eigenvalue weighted by molar-refractivity contribution is -0.385. The van der Waals surface area contributed by atoms with Gasteiger partial charge in [-0.25, -0.2) is 4.79 Å². The van der Waals surface area contributed by atoms with Crippen molar-refractivity contribution in [2.24, 2.45) is 0 Å². The predicted molar refractivity (Wildman–Crippen MR) is 61.0 cm³/mol. The van der Waals surface area contributed by atoms with E-state index in [9.17, 15) is 19.7 Å². The number of rotatable bonds is 5. The summed E-state index contributed by atoms with van der Waals surface area (Å²) in [7, 11) is 1.25. The quantitative estimate of drug-likeness (QED) is 0.342. The highest BCUT2D eigenvalue weighted by Crippen LogP contribution is 2.28. The predicted octanol–water partition coefficient (Wildman–Crippen LogP) is 1.59. The van der Waals surface area contributed by atoms with Crippen molar-refractivity contribution in [2.45, 2.75) is 6.92 Å². The maximum atomic E-state index is 11.6. The van der Waals surface area contributed by atoms with E-state index in [-0.39, 0.29) is 29.2 Å². The number of nitrogens with zero attached hydrogens (tertiary/aromatic N) is 1. The summed E-state index contributed by atoms with van der Waals surface area (Å²) in [5.74, 6) is -0.844. The van der Waals surface area contributed by atoms with Crippen molar-refractivity contribution in [1.82, 2.24) is 0 Å². The third-order valence-electron chi connectivity index (χ3n) is 2.17. The molecule has 0 aromatic heterocycles. The fourth-order valence-electron chi connectivity index (χ4n) is 1.39. The smallest absolute Gasteiger partial charge is 0.339 e. The van der Waals surface area contributed by atoms with Crippen LogP contribution in [0.2, 0.25) is 0 Å². The normalized spacial score (nSPS) is 9.67. The number of ether oxygens (including phenoxy) is 2. The Kier molecular flexibility index (Phi) is 4.36. The van der Waals surface area contributed by atoms with Crippen LogP contribution in [0.5, 0.6) is 5.75 Å². The van der Waals surface area contributed by atoms with Crippen molar-refractivity contribution >= 4 is 17.9 Å². The van der Waals surface area contributed by atoms with E-state index < -0.39 is 10.9 Å². The summed E-state index contributed by atoms with van der Waals surface area (Å²) in [6.45, 7) is 1.69. The van der Waals surface area contributed by atoms with Gasteiger partial charge in [-0.2, -0.15) is 0 Å². The molecule has 0 fully saturated rings. The number of nitro groups is 1. The number of carbonyl (C=O) groups excluding carboxylic acids is 2. The van der Waals surface area contributed by atoms with Gasteiger partial charge >= 0.3 is 5.97 Å². The minimum atomic E-state index is -0.804. The minimum absolute atomic E-state index is 0.0396. The van der Waals surface area contributed by atoms with Gasteiger partial charge in [0, 0.05) is 6.07 Å². The van der Waals surface area contributed by atoms with E-state index in [0.717, 1.165) is 12.1 Å². The molecule has 1 aromatic rings. The molecule has 18 heavy (non-hydrogen) atoms. The first-order chi connectivity index (χ1) is 8.54. The SMILES string of the molecule is CCOC(=O)c1cc([N+](=O)[O-])cc(OC)c1C=O.